The summed E-state index contributed by atoms with van der Waals surface area (Å²) >= 11 is 3.45. The van der Waals surface area contributed by atoms with E-state index in [0.29, 0.717) is 12.2 Å². The van der Waals surface area contributed by atoms with Gasteiger partial charge in [-0.2, -0.15) is 0 Å². The standard InChI is InChI=1S/C11H17BrN4O2S/c1-2-4-13-10-9(12)11(15-7-14-10)16-8-3-5-19(17,18)6-8/h7-8H,2-6H2,1H3,(H2,13,14,15,16). The summed E-state index contributed by atoms with van der Waals surface area (Å²) in [5.41, 5.74) is 0. The smallest absolute Gasteiger partial charge is 0.152 e. The van der Waals surface area contributed by atoms with Gasteiger partial charge in [-0.1, -0.05) is 6.92 Å². The lowest BCUT2D eigenvalue weighted by atomic mass is 10.2. The monoisotopic (exact) mass is 348 g/mol. The van der Waals surface area contributed by atoms with Gasteiger partial charge in [0.1, 0.15) is 22.4 Å². The fraction of sp³-hybridized carbons (Fsp3) is 0.636. The zero-order chi connectivity index (χ0) is 13.9. The molecule has 0 amide bonds. The quantitative estimate of drug-likeness (QED) is 0.841. The van der Waals surface area contributed by atoms with E-state index in [2.05, 4.69) is 43.5 Å². The van der Waals surface area contributed by atoms with Gasteiger partial charge < -0.3 is 10.6 Å². The third kappa shape index (κ3) is 3.79. The highest BCUT2D eigenvalue weighted by Crippen LogP contribution is 2.28. The van der Waals surface area contributed by atoms with E-state index in [-0.39, 0.29) is 17.5 Å². The third-order valence-electron chi connectivity index (χ3n) is 2.91. The summed E-state index contributed by atoms with van der Waals surface area (Å²) in [6.45, 7) is 2.90. The highest BCUT2D eigenvalue weighted by Gasteiger charge is 2.28. The molecule has 1 saturated heterocycles. The van der Waals surface area contributed by atoms with Crippen molar-refractivity contribution in [3.05, 3.63) is 10.8 Å². The lowest BCUT2D eigenvalue weighted by Crippen LogP contribution is -2.22. The van der Waals surface area contributed by atoms with Crippen LogP contribution in [-0.2, 0) is 9.84 Å². The average Bonchev–Trinajstić information content (AvgIpc) is 2.70. The molecular formula is C11H17BrN4O2S. The number of nitrogens with zero attached hydrogens (tertiary/aromatic N) is 2. The largest absolute Gasteiger partial charge is 0.369 e. The second-order valence-electron chi connectivity index (χ2n) is 4.56. The van der Waals surface area contributed by atoms with E-state index >= 15 is 0 Å². The third-order valence-corrected chi connectivity index (χ3v) is 5.42. The van der Waals surface area contributed by atoms with Crippen molar-refractivity contribution >= 4 is 37.4 Å². The molecule has 0 aliphatic carbocycles. The zero-order valence-electron chi connectivity index (χ0n) is 10.7. The van der Waals surface area contributed by atoms with Gasteiger partial charge in [0, 0.05) is 12.6 Å². The zero-order valence-corrected chi connectivity index (χ0v) is 13.1. The van der Waals surface area contributed by atoms with Crippen molar-refractivity contribution in [1.29, 1.82) is 0 Å². The van der Waals surface area contributed by atoms with Crippen LogP contribution in [0.5, 0.6) is 0 Å². The van der Waals surface area contributed by atoms with Crippen LogP contribution in [0, 0.1) is 0 Å². The first kappa shape index (κ1) is 14.5. The van der Waals surface area contributed by atoms with Crippen LogP contribution in [0.4, 0.5) is 11.6 Å². The first-order chi connectivity index (χ1) is 9.02. The SMILES string of the molecule is CCCNc1ncnc(NC2CCS(=O)(=O)C2)c1Br. The number of anilines is 2. The summed E-state index contributed by atoms with van der Waals surface area (Å²) in [5.74, 6) is 1.77. The van der Waals surface area contributed by atoms with Crippen LogP contribution < -0.4 is 10.6 Å². The van der Waals surface area contributed by atoms with E-state index in [0.717, 1.165) is 23.3 Å². The fourth-order valence-electron chi connectivity index (χ4n) is 1.94. The summed E-state index contributed by atoms with van der Waals surface area (Å²) in [7, 11) is -2.89. The first-order valence-electron chi connectivity index (χ1n) is 6.23. The number of hydrogen-bond acceptors (Lipinski definition) is 6. The Morgan fingerprint density at radius 3 is 2.79 bits per heavy atom. The van der Waals surface area contributed by atoms with Gasteiger partial charge in [-0.15, -0.1) is 0 Å². The van der Waals surface area contributed by atoms with E-state index in [9.17, 15) is 8.42 Å². The molecule has 0 saturated carbocycles. The van der Waals surface area contributed by atoms with Crippen molar-refractivity contribution in [3.63, 3.8) is 0 Å². The van der Waals surface area contributed by atoms with Gasteiger partial charge in [0.05, 0.1) is 11.5 Å². The van der Waals surface area contributed by atoms with Crippen molar-refractivity contribution in [2.24, 2.45) is 0 Å². The summed E-state index contributed by atoms with van der Waals surface area (Å²) < 4.78 is 23.6. The molecule has 106 valence electrons. The van der Waals surface area contributed by atoms with Crippen LogP contribution in [0.2, 0.25) is 0 Å². The van der Waals surface area contributed by atoms with E-state index in [1.54, 1.807) is 0 Å². The molecule has 19 heavy (non-hydrogen) atoms. The predicted octanol–water partition coefficient (Wildman–Crippen LogP) is 1.66. The number of sulfone groups is 1. The highest BCUT2D eigenvalue weighted by molar-refractivity contribution is 9.10. The Balaban J connectivity index is 2.08. The molecule has 1 unspecified atom stereocenters. The second kappa shape index (κ2) is 6.04. The van der Waals surface area contributed by atoms with Gasteiger partial charge in [-0.3, -0.25) is 0 Å². The molecule has 1 aromatic rings. The summed E-state index contributed by atoms with van der Waals surface area (Å²) in [6, 6.07) is -0.0739. The van der Waals surface area contributed by atoms with Crippen LogP contribution in [-0.4, -0.2) is 42.5 Å². The summed E-state index contributed by atoms with van der Waals surface area (Å²) in [6.07, 6.45) is 3.09. The average molecular weight is 349 g/mol. The number of hydrogen-bond donors (Lipinski definition) is 2. The Kier molecular flexibility index (Phi) is 4.62. The lowest BCUT2D eigenvalue weighted by Gasteiger charge is -2.14. The molecule has 6 nitrogen and oxygen atoms in total. The molecule has 1 fully saturated rings. The van der Waals surface area contributed by atoms with Crippen molar-refractivity contribution < 1.29 is 8.42 Å². The molecule has 0 spiro atoms. The topological polar surface area (TPSA) is 84.0 Å². The van der Waals surface area contributed by atoms with E-state index in [4.69, 9.17) is 0 Å². The van der Waals surface area contributed by atoms with Crippen LogP contribution >= 0.6 is 15.9 Å². The molecular weight excluding hydrogens is 332 g/mol. The fourth-order valence-corrected chi connectivity index (χ4v) is 4.07. The maximum absolute atomic E-state index is 11.4. The van der Waals surface area contributed by atoms with Gasteiger partial charge in [-0.05, 0) is 28.8 Å². The minimum absolute atomic E-state index is 0.0739. The molecule has 1 aliphatic heterocycles. The van der Waals surface area contributed by atoms with Gasteiger partial charge in [-0.25, -0.2) is 18.4 Å². The maximum atomic E-state index is 11.4. The van der Waals surface area contributed by atoms with Crippen LogP contribution in [0.15, 0.2) is 10.8 Å². The first-order valence-corrected chi connectivity index (χ1v) is 8.84. The van der Waals surface area contributed by atoms with Gasteiger partial charge in [0.25, 0.3) is 0 Å². The molecule has 2 N–H and O–H groups in total. The molecule has 2 rings (SSSR count). The maximum Gasteiger partial charge on any atom is 0.152 e. The summed E-state index contributed by atoms with van der Waals surface area (Å²) in [5, 5.41) is 6.35. The molecule has 1 atom stereocenters. The molecule has 1 aliphatic rings. The Labute approximate surface area is 121 Å². The number of halogens is 1. The predicted molar refractivity (Wildman–Crippen MR) is 79.2 cm³/mol. The van der Waals surface area contributed by atoms with Crippen LogP contribution in [0.1, 0.15) is 19.8 Å². The van der Waals surface area contributed by atoms with Crippen LogP contribution in [0.25, 0.3) is 0 Å². The normalized spacial score (nSPS) is 21.3. The van der Waals surface area contributed by atoms with Crippen molar-refractivity contribution in [3.8, 4) is 0 Å². The Morgan fingerprint density at radius 1 is 1.42 bits per heavy atom. The van der Waals surface area contributed by atoms with E-state index in [1.807, 2.05) is 0 Å². The van der Waals surface area contributed by atoms with Crippen molar-refractivity contribution in [1.82, 2.24) is 9.97 Å². The Morgan fingerprint density at radius 2 is 2.16 bits per heavy atom. The van der Waals surface area contributed by atoms with Gasteiger partial charge in [0.15, 0.2) is 9.84 Å². The molecule has 0 bridgehead atoms. The highest BCUT2D eigenvalue weighted by atomic mass is 79.9. The van der Waals surface area contributed by atoms with E-state index < -0.39 is 9.84 Å². The van der Waals surface area contributed by atoms with E-state index in [1.165, 1.54) is 6.33 Å². The molecule has 0 aromatic carbocycles. The molecule has 0 radical (unpaired) electrons. The van der Waals surface area contributed by atoms with Crippen molar-refractivity contribution in [2.45, 2.75) is 25.8 Å². The number of aromatic nitrogens is 2. The second-order valence-corrected chi connectivity index (χ2v) is 7.58. The molecule has 8 heteroatoms. The molecule has 2 heterocycles. The molecule has 1 aromatic heterocycles. The Hall–Kier alpha value is -0.890. The number of rotatable bonds is 5. The minimum atomic E-state index is -2.89. The summed E-state index contributed by atoms with van der Waals surface area (Å²) in [4.78, 5) is 8.31. The van der Waals surface area contributed by atoms with Crippen LogP contribution in [0.3, 0.4) is 0 Å². The minimum Gasteiger partial charge on any atom is -0.369 e. The lowest BCUT2D eigenvalue weighted by molar-refractivity contribution is 0.602. The Bertz CT molecular complexity index is 550. The van der Waals surface area contributed by atoms with Gasteiger partial charge in [0.2, 0.25) is 0 Å². The van der Waals surface area contributed by atoms with Gasteiger partial charge >= 0.3 is 0 Å². The van der Waals surface area contributed by atoms with Crippen molar-refractivity contribution in [2.75, 3.05) is 28.7 Å². The number of nitrogens with one attached hydrogen (secondary N) is 2.